The Morgan fingerprint density at radius 1 is 1.44 bits per heavy atom. The number of thiocarbonyl (C=S) groups is 1. The third-order valence-corrected chi connectivity index (χ3v) is 3.35. The number of benzene rings is 1. The van der Waals surface area contributed by atoms with Crippen molar-refractivity contribution in [2.24, 2.45) is 5.92 Å². The summed E-state index contributed by atoms with van der Waals surface area (Å²) < 4.78 is 5.12. The molecule has 0 saturated carbocycles. The second kappa shape index (κ2) is 5.35. The molecule has 96 valence electrons. The molecule has 0 aliphatic carbocycles. The first-order valence-electron chi connectivity index (χ1n) is 5.83. The lowest BCUT2D eigenvalue weighted by Crippen LogP contribution is -2.53. The maximum absolute atomic E-state index is 11.4. The lowest BCUT2D eigenvalue weighted by molar-refractivity contribution is -0.124. The quantitative estimate of drug-likeness (QED) is 0.841. The minimum atomic E-state index is -0.0325. The maximum atomic E-state index is 11.4. The summed E-state index contributed by atoms with van der Waals surface area (Å²) in [7, 11) is 1.64. The molecule has 4 nitrogen and oxygen atoms in total. The van der Waals surface area contributed by atoms with Gasteiger partial charge in [-0.2, -0.15) is 0 Å². The molecule has 1 aliphatic heterocycles. The molecule has 1 saturated heterocycles. The molecule has 1 heterocycles. The van der Waals surface area contributed by atoms with Crippen LogP contribution in [0, 0.1) is 5.92 Å². The van der Waals surface area contributed by atoms with Crippen molar-refractivity contribution in [3.05, 3.63) is 29.8 Å². The normalized spacial score (nSPS) is 19.7. The first-order valence-corrected chi connectivity index (χ1v) is 6.23. The summed E-state index contributed by atoms with van der Waals surface area (Å²) in [5.74, 6) is 0.808. The summed E-state index contributed by atoms with van der Waals surface area (Å²) in [6, 6.07) is 7.85. The van der Waals surface area contributed by atoms with Crippen molar-refractivity contribution in [3.8, 4) is 5.75 Å². The smallest absolute Gasteiger partial charge is 0.230 e. The van der Waals surface area contributed by atoms with E-state index in [1.807, 2.05) is 36.1 Å². The molecular formula is C13H16N2O2S. The van der Waals surface area contributed by atoms with E-state index in [-0.39, 0.29) is 11.8 Å². The fraction of sp³-hybridized carbons (Fsp3) is 0.385. The van der Waals surface area contributed by atoms with Gasteiger partial charge in [-0.3, -0.25) is 4.79 Å². The van der Waals surface area contributed by atoms with Crippen LogP contribution in [0.3, 0.4) is 0 Å². The van der Waals surface area contributed by atoms with Crippen molar-refractivity contribution in [3.63, 3.8) is 0 Å². The number of nitrogens with one attached hydrogen (secondary N) is 1. The minimum Gasteiger partial charge on any atom is -0.497 e. The summed E-state index contributed by atoms with van der Waals surface area (Å²) in [6.45, 7) is 3.27. The monoisotopic (exact) mass is 264 g/mol. The van der Waals surface area contributed by atoms with Crippen molar-refractivity contribution < 1.29 is 9.53 Å². The molecule has 0 bridgehead atoms. The van der Waals surface area contributed by atoms with Gasteiger partial charge in [0.25, 0.3) is 0 Å². The SMILES string of the molecule is COc1ccc(CN2CC(C)C(=O)NC2=S)cc1. The number of amides is 1. The van der Waals surface area contributed by atoms with Gasteiger partial charge in [0.05, 0.1) is 13.0 Å². The van der Waals surface area contributed by atoms with Crippen LogP contribution in [-0.2, 0) is 11.3 Å². The summed E-state index contributed by atoms with van der Waals surface area (Å²) in [6.07, 6.45) is 0. The van der Waals surface area contributed by atoms with Gasteiger partial charge in [-0.15, -0.1) is 0 Å². The largest absolute Gasteiger partial charge is 0.497 e. The van der Waals surface area contributed by atoms with E-state index >= 15 is 0 Å². The van der Waals surface area contributed by atoms with E-state index in [9.17, 15) is 4.79 Å². The Morgan fingerprint density at radius 2 is 2.11 bits per heavy atom. The van der Waals surface area contributed by atoms with Crippen molar-refractivity contribution in [2.45, 2.75) is 13.5 Å². The summed E-state index contributed by atoms with van der Waals surface area (Å²) >= 11 is 5.17. The van der Waals surface area contributed by atoms with Crippen LogP contribution in [0.15, 0.2) is 24.3 Å². The molecule has 1 amide bonds. The zero-order chi connectivity index (χ0) is 13.1. The molecule has 2 rings (SSSR count). The lowest BCUT2D eigenvalue weighted by Gasteiger charge is -2.32. The van der Waals surface area contributed by atoms with Gasteiger partial charge in [-0.05, 0) is 29.9 Å². The van der Waals surface area contributed by atoms with Gasteiger partial charge in [0, 0.05) is 13.1 Å². The van der Waals surface area contributed by atoms with Crippen LogP contribution < -0.4 is 10.1 Å². The molecule has 1 unspecified atom stereocenters. The van der Waals surface area contributed by atoms with Crippen molar-refractivity contribution in [1.82, 2.24) is 10.2 Å². The number of carbonyl (C=O) groups is 1. The Labute approximate surface area is 112 Å². The van der Waals surface area contributed by atoms with Crippen LogP contribution in [0.1, 0.15) is 12.5 Å². The number of rotatable bonds is 3. The van der Waals surface area contributed by atoms with Crippen LogP contribution in [0.4, 0.5) is 0 Å². The van der Waals surface area contributed by atoms with E-state index in [0.29, 0.717) is 18.2 Å². The number of nitrogens with zero attached hydrogens (tertiary/aromatic N) is 1. The van der Waals surface area contributed by atoms with Gasteiger partial charge in [0.15, 0.2) is 5.11 Å². The molecule has 1 aliphatic rings. The molecule has 0 spiro atoms. The molecule has 5 heteroatoms. The van der Waals surface area contributed by atoms with E-state index in [1.54, 1.807) is 7.11 Å². The average Bonchev–Trinajstić information content (AvgIpc) is 2.37. The standard InChI is InChI=1S/C13H16N2O2S/c1-9-7-15(13(18)14-12(9)16)8-10-3-5-11(17-2)6-4-10/h3-6,9H,7-8H2,1-2H3,(H,14,16,18). The third kappa shape index (κ3) is 2.79. The number of hydrogen-bond acceptors (Lipinski definition) is 3. The first kappa shape index (κ1) is 12.8. The topological polar surface area (TPSA) is 41.6 Å². The van der Waals surface area contributed by atoms with Crippen LogP contribution >= 0.6 is 12.2 Å². The minimum absolute atomic E-state index is 0.00554. The molecule has 1 atom stereocenters. The number of ether oxygens (including phenoxy) is 1. The number of carbonyl (C=O) groups excluding carboxylic acids is 1. The summed E-state index contributed by atoms with van der Waals surface area (Å²) in [5.41, 5.74) is 1.14. The zero-order valence-corrected chi connectivity index (χ0v) is 11.3. The molecule has 1 aromatic carbocycles. The second-order valence-electron chi connectivity index (χ2n) is 4.42. The molecule has 0 radical (unpaired) electrons. The Hall–Kier alpha value is -1.62. The third-order valence-electron chi connectivity index (χ3n) is 2.99. The predicted molar refractivity (Wildman–Crippen MR) is 73.3 cm³/mol. The predicted octanol–water partition coefficient (Wildman–Crippen LogP) is 1.55. The highest BCUT2D eigenvalue weighted by atomic mass is 32.1. The lowest BCUT2D eigenvalue weighted by atomic mass is 10.1. The Balaban J connectivity index is 2.04. The van der Waals surface area contributed by atoms with Crippen LogP contribution in [0.5, 0.6) is 5.75 Å². The molecule has 0 aromatic heterocycles. The van der Waals surface area contributed by atoms with E-state index in [1.165, 1.54) is 0 Å². The van der Waals surface area contributed by atoms with E-state index in [0.717, 1.165) is 11.3 Å². The number of methoxy groups -OCH3 is 1. The first-order chi connectivity index (χ1) is 8.60. The van der Waals surface area contributed by atoms with Crippen LogP contribution in [0.2, 0.25) is 0 Å². The fourth-order valence-corrected chi connectivity index (χ4v) is 2.13. The van der Waals surface area contributed by atoms with Gasteiger partial charge >= 0.3 is 0 Å². The number of hydrogen-bond donors (Lipinski definition) is 1. The van der Waals surface area contributed by atoms with E-state index in [4.69, 9.17) is 17.0 Å². The highest BCUT2D eigenvalue weighted by molar-refractivity contribution is 7.80. The van der Waals surface area contributed by atoms with Gasteiger partial charge < -0.3 is 15.0 Å². The summed E-state index contributed by atoms with van der Waals surface area (Å²) in [5, 5.41) is 3.22. The maximum Gasteiger partial charge on any atom is 0.230 e. The molecular weight excluding hydrogens is 248 g/mol. The van der Waals surface area contributed by atoms with Crippen molar-refractivity contribution >= 4 is 23.2 Å². The Kier molecular flexibility index (Phi) is 3.81. The Bertz CT molecular complexity index is 459. The van der Waals surface area contributed by atoms with Gasteiger partial charge in [-0.25, -0.2) is 0 Å². The second-order valence-corrected chi connectivity index (χ2v) is 4.81. The Morgan fingerprint density at radius 3 is 2.72 bits per heavy atom. The van der Waals surface area contributed by atoms with Crippen LogP contribution in [-0.4, -0.2) is 29.6 Å². The van der Waals surface area contributed by atoms with E-state index < -0.39 is 0 Å². The fourth-order valence-electron chi connectivity index (χ4n) is 1.89. The highest BCUT2D eigenvalue weighted by Gasteiger charge is 2.26. The van der Waals surface area contributed by atoms with Gasteiger partial charge in [-0.1, -0.05) is 19.1 Å². The molecule has 1 fully saturated rings. The molecule has 18 heavy (non-hydrogen) atoms. The van der Waals surface area contributed by atoms with E-state index in [2.05, 4.69) is 5.32 Å². The van der Waals surface area contributed by atoms with Gasteiger partial charge in [0.2, 0.25) is 5.91 Å². The summed E-state index contributed by atoms with van der Waals surface area (Å²) in [4.78, 5) is 13.4. The zero-order valence-electron chi connectivity index (χ0n) is 10.5. The molecule has 1 N–H and O–H groups in total. The van der Waals surface area contributed by atoms with Crippen molar-refractivity contribution in [2.75, 3.05) is 13.7 Å². The molecule has 1 aromatic rings. The van der Waals surface area contributed by atoms with Crippen LogP contribution in [0.25, 0.3) is 0 Å². The van der Waals surface area contributed by atoms with Gasteiger partial charge in [0.1, 0.15) is 5.75 Å². The average molecular weight is 264 g/mol. The van der Waals surface area contributed by atoms with Crippen molar-refractivity contribution in [1.29, 1.82) is 0 Å². The highest BCUT2D eigenvalue weighted by Crippen LogP contribution is 2.15.